The van der Waals surface area contributed by atoms with E-state index in [0.717, 1.165) is 0 Å². The van der Waals surface area contributed by atoms with Gasteiger partial charge in [-0.05, 0) is 0 Å². The van der Waals surface area contributed by atoms with Crippen LogP contribution in [0.5, 0.6) is 0 Å². The Morgan fingerprint density at radius 3 is 1.61 bits per heavy atom. The first-order chi connectivity index (χ1) is 8.29. The van der Waals surface area contributed by atoms with Crippen LogP contribution in [0.15, 0.2) is 10.1 Å². The second kappa shape index (κ2) is 4.20. The number of alkyl halides is 4. The van der Waals surface area contributed by atoms with Gasteiger partial charge in [0, 0.05) is 11.8 Å². The zero-order chi connectivity index (χ0) is 13.3. The van der Waals surface area contributed by atoms with Crippen molar-refractivity contribution in [2.24, 2.45) is 11.8 Å². The lowest BCUT2D eigenvalue weighted by Crippen LogP contribution is -2.45. The van der Waals surface area contributed by atoms with E-state index < -0.39 is 14.1 Å². The van der Waals surface area contributed by atoms with Gasteiger partial charge in [0.25, 0.3) is 0 Å². The van der Waals surface area contributed by atoms with E-state index in [0.29, 0.717) is 13.2 Å². The molecule has 0 spiro atoms. The molecule has 0 radical (unpaired) electrons. The Kier molecular flexibility index (Phi) is 3.35. The summed E-state index contributed by atoms with van der Waals surface area (Å²) in [6, 6.07) is 0. The highest BCUT2D eigenvalue weighted by Crippen LogP contribution is 2.76. The van der Waals surface area contributed by atoms with Crippen LogP contribution in [0.2, 0.25) is 0 Å². The number of hydrogen-bond donors (Lipinski definition) is 0. The molecule has 0 N–H and O–H groups in total. The van der Waals surface area contributed by atoms with Crippen LogP contribution >= 0.6 is 69.6 Å². The molecule has 2 bridgehead atoms. The van der Waals surface area contributed by atoms with Crippen LogP contribution < -0.4 is 0 Å². The summed E-state index contributed by atoms with van der Waals surface area (Å²) in [6.07, 6.45) is 0. The Morgan fingerprint density at radius 1 is 0.833 bits per heavy atom. The molecule has 1 aliphatic heterocycles. The smallest absolute Gasteiger partial charge is 0.167 e. The van der Waals surface area contributed by atoms with Crippen molar-refractivity contribution in [1.82, 2.24) is 0 Å². The van der Waals surface area contributed by atoms with Crippen molar-refractivity contribution >= 4 is 69.6 Å². The summed E-state index contributed by atoms with van der Waals surface area (Å²) in [7, 11) is 0. The van der Waals surface area contributed by atoms with Crippen molar-refractivity contribution in [3.05, 3.63) is 10.1 Å². The molecule has 8 heteroatoms. The Labute approximate surface area is 134 Å². The predicted molar refractivity (Wildman–Crippen MR) is 74.1 cm³/mol. The zero-order valence-electron chi connectivity index (χ0n) is 8.86. The van der Waals surface area contributed by atoms with Gasteiger partial charge in [-0.3, -0.25) is 0 Å². The monoisotopic (exact) mass is 370 g/mol. The lowest BCUT2D eigenvalue weighted by atomic mass is 9.83. The van der Waals surface area contributed by atoms with Crippen LogP contribution in [-0.2, 0) is 9.47 Å². The maximum absolute atomic E-state index is 6.61. The maximum atomic E-state index is 6.61. The van der Waals surface area contributed by atoms with Crippen molar-refractivity contribution in [2.45, 2.75) is 14.1 Å². The van der Waals surface area contributed by atoms with E-state index >= 15 is 0 Å². The van der Waals surface area contributed by atoms with Gasteiger partial charge < -0.3 is 9.47 Å². The summed E-state index contributed by atoms with van der Waals surface area (Å²) in [4.78, 5) is -2.48. The first-order valence-corrected chi connectivity index (χ1v) is 7.53. The molecule has 4 atom stereocenters. The number of fused-ring (bicyclic) bond motifs is 5. The summed E-state index contributed by atoms with van der Waals surface area (Å²) in [5, 5.41) is 0.412. The number of hydrogen-bond acceptors (Lipinski definition) is 2. The fraction of sp³-hybridized carbons (Fsp3) is 0.800. The Balaban J connectivity index is 2.21. The third kappa shape index (κ3) is 1.33. The van der Waals surface area contributed by atoms with E-state index in [-0.39, 0.29) is 28.7 Å². The Hall–Kier alpha value is 1.40. The molecule has 0 aromatic heterocycles. The van der Waals surface area contributed by atoms with E-state index in [1.54, 1.807) is 0 Å². The minimum absolute atomic E-state index is 0.180. The highest BCUT2D eigenvalue weighted by molar-refractivity contribution is 6.65. The number of ether oxygens (including phenoxy) is 2. The van der Waals surface area contributed by atoms with Gasteiger partial charge in [-0.15, -0.1) is 23.2 Å². The summed E-state index contributed by atoms with van der Waals surface area (Å²) in [5.41, 5.74) is 0. The molecule has 0 unspecified atom stereocenters. The average Bonchev–Trinajstić information content (AvgIpc) is 2.60. The molecule has 2 nitrogen and oxygen atoms in total. The van der Waals surface area contributed by atoms with Gasteiger partial charge in [0.2, 0.25) is 0 Å². The molecule has 1 heterocycles. The van der Waals surface area contributed by atoms with E-state index in [9.17, 15) is 0 Å². The van der Waals surface area contributed by atoms with Gasteiger partial charge >= 0.3 is 0 Å². The third-order valence-corrected chi connectivity index (χ3v) is 8.36. The first-order valence-electron chi connectivity index (χ1n) is 5.27. The van der Waals surface area contributed by atoms with Crippen LogP contribution in [0.3, 0.4) is 0 Å². The van der Waals surface area contributed by atoms with Crippen molar-refractivity contribution in [3.8, 4) is 0 Å². The number of allylic oxidation sites excluding steroid dienone is 2. The topological polar surface area (TPSA) is 18.5 Å². The van der Waals surface area contributed by atoms with Crippen LogP contribution in [0.1, 0.15) is 0 Å². The minimum atomic E-state index is -1.50. The second-order valence-corrected chi connectivity index (χ2v) is 7.97. The normalized spacial score (nSPS) is 50.3. The molecule has 1 saturated heterocycles. The SMILES string of the molecule is ClC1=C(Cl)[C@@]2(Cl)[C@H]3COCOC[C@@H]3[C@@]1(Cl)C2(Cl)Cl. The molecule has 0 aromatic rings. The van der Waals surface area contributed by atoms with Crippen LogP contribution in [0.25, 0.3) is 0 Å². The van der Waals surface area contributed by atoms with Gasteiger partial charge in [-0.25, -0.2) is 0 Å². The molecule has 0 aromatic carbocycles. The molecule has 0 amide bonds. The van der Waals surface area contributed by atoms with Crippen LogP contribution in [-0.4, -0.2) is 34.1 Å². The molecule has 3 aliphatic rings. The summed E-state index contributed by atoms with van der Waals surface area (Å²) >= 11 is 38.5. The zero-order valence-corrected chi connectivity index (χ0v) is 13.4. The van der Waals surface area contributed by atoms with Crippen molar-refractivity contribution in [3.63, 3.8) is 0 Å². The maximum Gasteiger partial charge on any atom is 0.167 e. The largest absolute Gasteiger partial charge is 0.355 e. The molecule has 18 heavy (non-hydrogen) atoms. The summed E-state index contributed by atoms with van der Waals surface area (Å²) in [6.45, 7) is 0.828. The predicted octanol–water partition coefficient (Wildman–Crippen LogP) is 4.07. The van der Waals surface area contributed by atoms with Gasteiger partial charge in [0.1, 0.15) is 16.5 Å². The van der Waals surface area contributed by atoms with E-state index in [4.69, 9.17) is 79.1 Å². The average molecular weight is 373 g/mol. The number of rotatable bonds is 0. The minimum Gasteiger partial charge on any atom is -0.355 e. The van der Waals surface area contributed by atoms with Crippen LogP contribution in [0.4, 0.5) is 0 Å². The molecule has 1 saturated carbocycles. The summed E-state index contributed by atoms with van der Waals surface area (Å²) < 4.78 is 9.18. The summed E-state index contributed by atoms with van der Waals surface area (Å²) in [5.74, 6) is -0.492. The van der Waals surface area contributed by atoms with Crippen molar-refractivity contribution in [2.75, 3.05) is 20.0 Å². The fourth-order valence-corrected chi connectivity index (χ4v) is 6.13. The van der Waals surface area contributed by atoms with Gasteiger partial charge in [-0.2, -0.15) is 0 Å². The van der Waals surface area contributed by atoms with Gasteiger partial charge in [0.05, 0.1) is 23.3 Å². The highest BCUT2D eigenvalue weighted by Gasteiger charge is 2.82. The Bertz CT molecular complexity index is 402. The lowest BCUT2D eigenvalue weighted by molar-refractivity contribution is -0.0400. The third-order valence-electron chi connectivity index (χ3n) is 4.01. The van der Waals surface area contributed by atoms with E-state index in [2.05, 4.69) is 0 Å². The molecular weight excluding hydrogens is 365 g/mol. The Morgan fingerprint density at radius 2 is 1.22 bits per heavy atom. The quantitative estimate of drug-likeness (QED) is 0.597. The highest BCUT2D eigenvalue weighted by atomic mass is 35.5. The molecular formula is C10H8Cl6O2. The van der Waals surface area contributed by atoms with Gasteiger partial charge in [0.15, 0.2) is 4.33 Å². The molecule has 2 fully saturated rings. The van der Waals surface area contributed by atoms with Gasteiger partial charge in [-0.1, -0.05) is 46.4 Å². The standard InChI is InChI=1S/C10H8Cl6O2/c11-6-7(12)9(14)5-2-18-3-17-1-4(5)8(6,13)10(9,15)16/h4-5H,1-3H2/t4-,5-,8-,9-/m0/s1. The second-order valence-electron chi connectivity index (χ2n) is 4.70. The van der Waals surface area contributed by atoms with Crippen LogP contribution in [0, 0.1) is 11.8 Å². The van der Waals surface area contributed by atoms with E-state index in [1.165, 1.54) is 0 Å². The molecule has 2 aliphatic carbocycles. The van der Waals surface area contributed by atoms with E-state index in [1.807, 2.05) is 0 Å². The lowest BCUT2D eigenvalue weighted by Gasteiger charge is -2.34. The molecule has 102 valence electrons. The van der Waals surface area contributed by atoms with Crippen molar-refractivity contribution in [1.29, 1.82) is 0 Å². The number of halogens is 6. The fourth-order valence-electron chi connectivity index (χ4n) is 3.08. The first kappa shape index (κ1) is 14.3. The molecule has 3 rings (SSSR count). The van der Waals surface area contributed by atoms with Crippen molar-refractivity contribution < 1.29 is 9.47 Å².